The van der Waals surface area contributed by atoms with Crippen molar-refractivity contribution >= 4 is 0 Å². The first-order valence-electron chi connectivity index (χ1n) is 4.65. The Morgan fingerprint density at radius 3 is 2.44 bits per heavy atom. The number of halogens is 3. The largest absolute Gasteiger partial charge is 0.256 e. The lowest BCUT2D eigenvalue weighted by atomic mass is 10.1. The fourth-order valence-electron chi connectivity index (χ4n) is 1.37. The average molecular weight is 223 g/mol. The van der Waals surface area contributed by atoms with Crippen LogP contribution in [0.4, 0.5) is 13.2 Å². The molecule has 0 unspecified atom stereocenters. The minimum absolute atomic E-state index is 0.169. The van der Waals surface area contributed by atoms with Gasteiger partial charge in [-0.25, -0.2) is 13.2 Å². The van der Waals surface area contributed by atoms with Crippen molar-refractivity contribution in [3.8, 4) is 11.3 Å². The Kier molecular flexibility index (Phi) is 2.64. The van der Waals surface area contributed by atoms with E-state index in [0.717, 1.165) is 11.6 Å². The molecule has 0 atom stereocenters. The highest BCUT2D eigenvalue weighted by Crippen LogP contribution is 2.24. The molecule has 4 heteroatoms. The predicted molar refractivity (Wildman–Crippen MR) is 54.3 cm³/mol. The van der Waals surface area contributed by atoms with E-state index in [1.165, 1.54) is 12.3 Å². The Balaban J connectivity index is 2.59. The van der Waals surface area contributed by atoms with Gasteiger partial charge in [-0.1, -0.05) is 6.07 Å². The molecular formula is C12H8F3N. The van der Waals surface area contributed by atoms with Crippen molar-refractivity contribution < 1.29 is 13.2 Å². The van der Waals surface area contributed by atoms with Crippen LogP contribution in [-0.4, -0.2) is 4.98 Å². The zero-order chi connectivity index (χ0) is 11.7. The molecule has 2 rings (SSSR count). The Bertz CT molecular complexity index is 521. The normalized spacial score (nSPS) is 10.5. The van der Waals surface area contributed by atoms with Gasteiger partial charge in [0.05, 0.1) is 5.69 Å². The van der Waals surface area contributed by atoms with Crippen molar-refractivity contribution in [2.24, 2.45) is 0 Å². The second kappa shape index (κ2) is 3.96. The number of aryl methyl sites for hydroxylation is 1. The van der Waals surface area contributed by atoms with Crippen LogP contribution in [0.15, 0.2) is 30.5 Å². The van der Waals surface area contributed by atoms with Crippen LogP contribution in [0.1, 0.15) is 5.56 Å². The fraction of sp³-hybridized carbons (Fsp3) is 0.0833. The summed E-state index contributed by atoms with van der Waals surface area (Å²) in [5, 5.41) is 0. The zero-order valence-electron chi connectivity index (χ0n) is 8.47. The van der Waals surface area contributed by atoms with Gasteiger partial charge >= 0.3 is 0 Å². The van der Waals surface area contributed by atoms with Crippen molar-refractivity contribution in [1.82, 2.24) is 4.98 Å². The third-order valence-electron chi connectivity index (χ3n) is 2.18. The molecule has 0 aliphatic carbocycles. The van der Waals surface area contributed by atoms with Crippen molar-refractivity contribution in [3.63, 3.8) is 0 Å². The summed E-state index contributed by atoms with van der Waals surface area (Å²) in [7, 11) is 0. The van der Waals surface area contributed by atoms with Gasteiger partial charge < -0.3 is 0 Å². The Hall–Kier alpha value is -1.84. The molecule has 0 aliphatic heterocycles. The van der Waals surface area contributed by atoms with Gasteiger partial charge in [-0.2, -0.15) is 0 Å². The molecule has 2 aromatic rings. The lowest BCUT2D eigenvalue weighted by Crippen LogP contribution is -1.94. The first-order chi connectivity index (χ1) is 7.58. The van der Waals surface area contributed by atoms with E-state index in [1.54, 1.807) is 6.07 Å². The summed E-state index contributed by atoms with van der Waals surface area (Å²) in [5.74, 6) is -3.12. The molecular weight excluding hydrogens is 215 g/mol. The Morgan fingerprint density at radius 2 is 1.81 bits per heavy atom. The van der Waals surface area contributed by atoms with Gasteiger partial charge in [-0.15, -0.1) is 0 Å². The summed E-state index contributed by atoms with van der Waals surface area (Å²) in [6.07, 6.45) is 1.51. The summed E-state index contributed by atoms with van der Waals surface area (Å²) in [5.41, 5.74) is 0.931. The van der Waals surface area contributed by atoms with Crippen LogP contribution < -0.4 is 0 Å². The second-order valence-corrected chi connectivity index (χ2v) is 3.47. The molecule has 1 aromatic heterocycles. The average Bonchev–Trinajstić information content (AvgIpc) is 2.25. The Morgan fingerprint density at radius 1 is 1.06 bits per heavy atom. The maximum Gasteiger partial charge on any atom is 0.168 e. The van der Waals surface area contributed by atoms with Gasteiger partial charge in [0.2, 0.25) is 0 Å². The van der Waals surface area contributed by atoms with Gasteiger partial charge in [-0.05, 0) is 24.6 Å². The molecule has 0 fully saturated rings. The van der Waals surface area contributed by atoms with E-state index in [-0.39, 0.29) is 11.3 Å². The molecule has 0 radical (unpaired) electrons. The second-order valence-electron chi connectivity index (χ2n) is 3.47. The SMILES string of the molecule is Cc1ccc(-c2cc(F)cc(F)c2F)nc1. The summed E-state index contributed by atoms with van der Waals surface area (Å²) < 4.78 is 39.3. The first kappa shape index (κ1) is 10.7. The van der Waals surface area contributed by atoms with E-state index in [9.17, 15) is 13.2 Å². The number of benzene rings is 1. The van der Waals surface area contributed by atoms with E-state index in [4.69, 9.17) is 0 Å². The maximum atomic E-state index is 13.4. The predicted octanol–water partition coefficient (Wildman–Crippen LogP) is 3.47. The minimum atomic E-state index is -1.21. The third-order valence-corrected chi connectivity index (χ3v) is 2.18. The van der Waals surface area contributed by atoms with Crippen molar-refractivity contribution in [2.75, 3.05) is 0 Å². The van der Waals surface area contributed by atoms with Crippen molar-refractivity contribution in [2.45, 2.75) is 6.92 Å². The van der Waals surface area contributed by atoms with Gasteiger partial charge in [0, 0.05) is 17.8 Å². The number of aromatic nitrogens is 1. The van der Waals surface area contributed by atoms with Crippen LogP contribution in [0.25, 0.3) is 11.3 Å². The number of nitrogens with zero attached hydrogens (tertiary/aromatic N) is 1. The van der Waals surface area contributed by atoms with Crippen molar-refractivity contribution in [1.29, 1.82) is 0 Å². The van der Waals surface area contributed by atoms with E-state index >= 15 is 0 Å². The quantitative estimate of drug-likeness (QED) is 0.674. The fourth-order valence-corrected chi connectivity index (χ4v) is 1.37. The summed E-state index contributed by atoms with van der Waals surface area (Å²) >= 11 is 0. The van der Waals surface area contributed by atoms with Crippen LogP contribution in [0.5, 0.6) is 0 Å². The highest BCUT2D eigenvalue weighted by atomic mass is 19.2. The summed E-state index contributed by atoms with van der Waals surface area (Å²) in [6, 6.07) is 4.65. The standard InChI is InChI=1S/C12H8F3N/c1-7-2-3-11(16-6-7)9-4-8(13)5-10(14)12(9)15/h2-6H,1H3. The van der Waals surface area contributed by atoms with E-state index in [1.807, 2.05) is 6.92 Å². The molecule has 0 saturated heterocycles. The van der Waals surface area contributed by atoms with Gasteiger partial charge in [0.15, 0.2) is 11.6 Å². The smallest absolute Gasteiger partial charge is 0.168 e. The van der Waals surface area contributed by atoms with E-state index in [2.05, 4.69) is 4.98 Å². The minimum Gasteiger partial charge on any atom is -0.256 e. The van der Waals surface area contributed by atoms with Crippen LogP contribution in [0.3, 0.4) is 0 Å². The van der Waals surface area contributed by atoms with E-state index < -0.39 is 17.5 Å². The van der Waals surface area contributed by atoms with Crippen LogP contribution in [0, 0.1) is 24.4 Å². The van der Waals surface area contributed by atoms with E-state index in [0.29, 0.717) is 6.07 Å². The van der Waals surface area contributed by atoms with Crippen LogP contribution in [-0.2, 0) is 0 Å². The van der Waals surface area contributed by atoms with Gasteiger partial charge in [-0.3, -0.25) is 4.98 Å². The Labute approximate surface area is 90.6 Å². The molecule has 0 N–H and O–H groups in total. The number of pyridine rings is 1. The summed E-state index contributed by atoms with van der Waals surface area (Å²) in [4.78, 5) is 3.92. The maximum absolute atomic E-state index is 13.4. The van der Waals surface area contributed by atoms with Gasteiger partial charge in [0.1, 0.15) is 5.82 Å². The van der Waals surface area contributed by atoms with Gasteiger partial charge in [0.25, 0.3) is 0 Å². The lowest BCUT2D eigenvalue weighted by molar-refractivity contribution is 0.497. The van der Waals surface area contributed by atoms with Crippen LogP contribution >= 0.6 is 0 Å². The molecule has 82 valence electrons. The molecule has 1 nitrogen and oxygen atoms in total. The molecule has 16 heavy (non-hydrogen) atoms. The van der Waals surface area contributed by atoms with Crippen LogP contribution in [0.2, 0.25) is 0 Å². The topological polar surface area (TPSA) is 12.9 Å². The molecule has 0 saturated carbocycles. The zero-order valence-corrected chi connectivity index (χ0v) is 8.47. The first-order valence-corrected chi connectivity index (χ1v) is 4.65. The summed E-state index contributed by atoms with van der Waals surface area (Å²) in [6.45, 7) is 1.82. The lowest BCUT2D eigenvalue weighted by Gasteiger charge is -2.04. The number of rotatable bonds is 1. The third kappa shape index (κ3) is 1.91. The van der Waals surface area contributed by atoms with Crippen molar-refractivity contribution in [3.05, 3.63) is 53.5 Å². The highest BCUT2D eigenvalue weighted by Gasteiger charge is 2.13. The molecule has 0 amide bonds. The monoisotopic (exact) mass is 223 g/mol. The molecule has 0 aliphatic rings. The highest BCUT2D eigenvalue weighted by molar-refractivity contribution is 5.60. The molecule has 0 spiro atoms. The molecule has 1 heterocycles. The molecule has 1 aromatic carbocycles. The number of hydrogen-bond acceptors (Lipinski definition) is 1. The molecule has 0 bridgehead atoms. The number of hydrogen-bond donors (Lipinski definition) is 0.